The second-order valence-electron chi connectivity index (χ2n) is 6.20. The average Bonchev–Trinajstić information content (AvgIpc) is 2.52. The van der Waals surface area contributed by atoms with Crippen molar-refractivity contribution in [3.63, 3.8) is 0 Å². The summed E-state index contributed by atoms with van der Waals surface area (Å²) in [4.78, 5) is 22.1. The molecule has 6 heteroatoms. The Bertz CT molecular complexity index is 786. The number of hydrogen-bond donors (Lipinski definition) is 1. The molecule has 23 heavy (non-hydrogen) atoms. The van der Waals surface area contributed by atoms with Crippen LogP contribution < -0.4 is 5.56 Å². The van der Waals surface area contributed by atoms with E-state index in [9.17, 15) is 4.79 Å². The minimum absolute atomic E-state index is 0.0272. The van der Waals surface area contributed by atoms with Crippen LogP contribution in [0.4, 0.5) is 0 Å². The summed E-state index contributed by atoms with van der Waals surface area (Å²) in [6.07, 6.45) is 0.775. The quantitative estimate of drug-likeness (QED) is 0.915. The lowest BCUT2D eigenvalue weighted by Crippen LogP contribution is -2.36. The van der Waals surface area contributed by atoms with E-state index >= 15 is 0 Å². The summed E-state index contributed by atoms with van der Waals surface area (Å²) in [6, 6.07) is 5.64. The van der Waals surface area contributed by atoms with Crippen molar-refractivity contribution >= 4 is 23.2 Å². The first-order valence-corrected chi connectivity index (χ1v) is 8.48. The number of nitrogens with zero attached hydrogens (tertiary/aromatic N) is 2. The van der Waals surface area contributed by atoms with E-state index in [0.29, 0.717) is 23.1 Å². The summed E-state index contributed by atoms with van der Waals surface area (Å²) >= 11 is 12.3. The number of benzene rings is 1. The van der Waals surface area contributed by atoms with Gasteiger partial charge in [0.1, 0.15) is 5.82 Å². The molecular weight excluding hydrogens is 333 g/mol. The van der Waals surface area contributed by atoms with Crippen LogP contribution in [-0.4, -0.2) is 21.4 Å². The second kappa shape index (κ2) is 6.63. The van der Waals surface area contributed by atoms with Crippen LogP contribution in [0.15, 0.2) is 23.0 Å². The molecule has 0 amide bonds. The minimum atomic E-state index is -0.0272. The molecule has 0 fully saturated rings. The van der Waals surface area contributed by atoms with Crippen LogP contribution in [-0.2, 0) is 19.5 Å². The fraction of sp³-hybridized carbons (Fsp3) is 0.412. The maximum Gasteiger partial charge on any atom is 0.255 e. The molecule has 4 nitrogen and oxygen atoms in total. The molecule has 0 radical (unpaired) electrons. The highest BCUT2D eigenvalue weighted by Gasteiger charge is 2.22. The Labute approximate surface area is 145 Å². The third kappa shape index (κ3) is 3.44. The highest BCUT2D eigenvalue weighted by Crippen LogP contribution is 2.27. The predicted molar refractivity (Wildman–Crippen MR) is 93.2 cm³/mol. The first kappa shape index (κ1) is 16.5. The first-order valence-electron chi connectivity index (χ1n) is 7.73. The molecule has 122 valence electrons. The zero-order chi connectivity index (χ0) is 16.6. The number of halogens is 2. The van der Waals surface area contributed by atoms with Crippen molar-refractivity contribution in [1.82, 2.24) is 14.9 Å². The molecule has 2 heterocycles. The Kier molecular flexibility index (Phi) is 4.76. The lowest BCUT2D eigenvalue weighted by Gasteiger charge is -2.28. The number of aromatic amines is 1. The van der Waals surface area contributed by atoms with Gasteiger partial charge in [-0.1, -0.05) is 49.2 Å². The third-order valence-electron chi connectivity index (χ3n) is 4.14. The van der Waals surface area contributed by atoms with E-state index in [1.165, 1.54) is 0 Å². The van der Waals surface area contributed by atoms with E-state index in [1.54, 1.807) is 6.07 Å². The van der Waals surface area contributed by atoms with Crippen LogP contribution in [0, 0.1) is 0 Å². The zero-order valence-corrected chi connectivity index (χ0v) is 14.7. The molecule has 1 N–H and O–H groups in total. The highest BCUT2D eigenvalue weighted by molar-refractivity contribution is 6.42. The molecular formula is C17H19Cl2N3O. The number of fused-ring (bicyclic) bond motifs is 1. The summed E-state index contributed by atoms with van der Waals surface area (Å²) < 4.78 is 0. The van der Waals surface area contributed by atoms with Crippen LogP contribution in [0.25, 0.3) is 0 Å². The van der Waals surface area contributed by atoms with Crippen molar-refractivity contribution < 1.29 is 0 Å². The average molecular weight is 352 g/mol. The molecule has 0 unspecified atom stereocenters. The third-order valence-corrected chi connectivity index (χ3v) is 5.00. The maximum atomic E-state index is 12.3. The molecule has 0 bridgehead atoms. The normalized spacial score (nSPS) is 15.0. The zero-order valence-electron chi connectivity index (χ0n) is 13.2. The lowest BCUT2D eigenvalue weighted by molar-refractivity contribution is 0.241. The van der Waals surface area contributed by atoms with Crippen molar-refractivity contribution in [1.29, 1.82) is 0 Å². The maximum absolute atomic E-state index is 12.3. The van der Waals surface area contributed by atoms with E-state index in [-0.39, 0.29) is 11.5 Å². The van der Waals surface area contributed by atoms with Crippen LogP contribution >= 0.6 is 23.2 Å². The van der Waals surface area contributed by atoms with E-state index in [1.807, 2.05) is 26.0 Å². The molecule has 0 spiro atoms. The van der Waals surface area contributed by atoms with E-state index in [0.717, 1.165) is 35.6 Å². The van der Waals surface area contributed by atoms with Gasteiger partial charge in [0.2, 0.25) is 0 Å². The highest BCUT2D eigenvalue weighted by atomic mass is 35.5. The van der Waals surface area contributed by atoms with E-state index in [2.05, 4.69) is 14.9 Å². The fourth-order valence-corrected chi connectivity index (χ4v) is 3.20. The van der Waals surface area contributed by atoms with Crippen molar-refractivity contribution in [3.05, 3.63) is 61.2 Å². The molecule has 0 saturated heterocycles. The van der Waals surface area contributed by atoms with Gasteiger partial charge in [0.15, 0.2) is 0 Å². The molecule has 1 aromatic heterocycles. The molecule has 1 aliphatic rings. The van der Waals surface area contributed by atoms with Crippen molar-refractivity contribution in [2.45, 2.75) is 39.3 Å². The van der Waals surface area contributed by atoms with E-state index < -0.39 is 0 Å². The molecule has 0 saturated carbocycles. The van der Waals surface area contributed by atoms with Crippen molar-refractivity contribution in [3.8, 4) is 0 Å². The smallest absolute Gasteiger partial charge is 0.255 e. The van der Waals surface area contributed by atoms with Crippen molar-refractivity contribution in [2.24, 2.45) is 0 Å². The topological polar surface area (TPSA) is 49.0 Å². The number of aromatic nitrogens is 2. The number of rotatable bonds is 3. The summed E-state index contributed by atoms with van der Waals surface area (Å²) in [5, 5.41) is 1.14. The second-order valence-corrected chi connectivity index (χ2v) is 6.99. The van der Waals surface area contributed by atoms with Gasteiger partial charge in [-0.2, -0.15) is 0 Å². The van der Waals surface area contributed by atoms with Gasteiger partial charge < -0.3 is 4.98 Å². The molecule has 1 aromatic carbocycles. The number of hydrogen-bond acceptors (Lipinski definition) is 3. The van der Waals surface area contributed by atoms with Crippen LogP contribution in [0.1, 0.15) is 42.4 Å². The Morgan fingerprint density at radius 2 is 2.13 bits per heavy atom. The van der Waals surface area contributed by atoms with Crippen molar-refractivity contribution in [2.75, 3.05) is 6.54 Å². The summed E-state index contributed by atoms with van der Waals surface area (Å²) in [6.45, 7) is 6.16. The summed E-state index contributed by atoms with van der Waals surface area (Å²) in [7, 11) is 0. The van der Waals surface area contributed by atoms with Gasteiger partial charge in [-0.3, -0.25) is 9.69 Å². The number of nitrogens with one attached hydrogen (secondary N) is 1. The van der Waals surface area contributed by atoms with Gasteiger partial charge in [-0.15, -0.1) is 0 Å². The first-order chi connectivity index (χ1) is 11.0. The minimum Gasteiger partial charge on any atom is -0.310 e. The Hall–Kier alpha value is -1.36. The molecule has 0 atom stereocenters. The van der Waals surface area contributed by atoms with Crippen LogP contribution in [0.3, 0.4) is 0 Å². The standard InChI is InChI=1S/C17H19Cl2N3O/c1-10(2)16-20-14-6-7-22(9-12(14)17(23)21-16)8-11-4-3-5-13(18)15(11)19/h3-5,10H,6-9H2,1-2H3,(H,20,21,23). The van der Waals surface area contributed by atoms with Gasteiger partial charge in [0.25, 0.3) is 5.56 Å². The fourth-order valence-electron chi connectivity index (χ4n) is 2.82. The monoisotopic (exact) mass is 351 g/mol. The predicted octanol–water partition coefficient (Wildman–Crippen LogP) is 3.76. The van der Waals surface area contributed by atoms with Gasteiger partial charge in [-0.25, -0.2) is 4.98 Å². The summed E-state index contributed by atoms with van der Waals surface area (Å²) in [5.41, 5.74) is 2.64. The molecule has 3 rings (SSSR count). The van der Waals surface area contributed by atoms with Gasteiger partial charge in [0, 0.05) is 32.0 Å². The SMILES string of the molecule is CC(C)c1nc2c(c(=O)[nH]1)CN(Cc1cccc(Cl)c1Cl)CC2. The van der Waals surface area contributed by atoms with Gasteiger partial charge in [-0.05, 0) is 11.6 Å². The van der Waals surface area contributed by atoms with Gasteiger partial charge >= 0.3 is 0 Å². The van der Waals surface area contributed by atoms with Crippen LogP contribution in [0.2, 0.25) is 10.0 Å². The van der Waals surface area contributed by atoms with Crippen LogP contribution in [0.5, 0.6) is 0 Å². The molecule has 0 aliphatic carbocycles. The van der Waals surface area contributed by atoms with Gasteiger partial charge in [0.05, 0.1) is 21.3 Å². The Morgan fingerprint density at radius 1 is 1.35 bits per heavy atom. The lowest BCUT2D eigenvalue weighted by atomic mass is 10.0. The Balaban J connectivity index is 1.83. The summed E-state index contributed by atoms with van der Waals surface area (Å²) in [5.74, 6) is 0.983. The molecule has 2 aromatic rings. The Morgan fingerprint density at radius 3 is 2.87 bits per heavy atom. The van der Waals surface area contributed by atoms with E-state index in [4.69, 9.17) is 23.2 Å². The molecule has 1 aliphatic heterocycles. The number of H-pyrrole nitrogens is 1. The largest absolute Gasteiger partial charge is 0.310 e.